The number of ether oxygens (including phenoxy) is 4. The minimum absolute atomic E-state index is 0.0131. The van der Waals surface area contributed by atoms with Crippen molar-refractivity contribution in [3.63, 3.8) is 0 Å². The minimum atomic E-state index is -1.74. The van der Waals surface area contributed by atoms with Crippen molar-refractivity contribution in [2.45, 2.75) is 166 Å². The van der Waals surface area contributed by atoms with Gasteiger partial charge in [-0.1, -0.05) is 152 Å². The van der Waals surface area contributed by atoms with Gasteiger partial charge < -0.3 is 61.1 Å². The molecule has 7 N–H and O–H groups in total. The van der Waals surface area contributed by atoms with Gasteiger partial charge in [0.2, 0.25) is 23.6 Å². The maximum Gasteiger partial charge on any atom is 0.408 e. The second kappa shape index (κ2) is 33.1. The molecule has 5 aromatic rings. The fraction of sp³-hybridized carbons (Fsp3) is 0.443. The maximum atomic E-state index is 15.5. The Morgan fingerprint density at radius 3 is 1.31 bits per heavy atom. The fourth-order valence-electron chi connectivity index (χ4n) is 10.4. The first-order valence-corrected chi connectivity index (χ1v) is 30.9. The minimum Gasteiger partial charge on any atom is -0.444 e. The van der Waals surface area contributed by atoms with Crippen LogP contribution in [0.5, 0.6) is 0 Å². The second-order valence-electron chi connectivity index (χ2n) is 25.8. The molecule has 0 aliphatic carbocycles. The lowest BCUT2D eigenvalue weighted by atomic mass is 9.77. The quantitative estimate of drug-likeness (QED) is 0.0119. The lowest BCUT2D eigenvalue weighted by Crippen LogP contribution is -2.59. The van der Waals surface area contributed by atoms with Crippen molar-refractivity contribution in [1.29, 1.82) is 0 Å². The van der Waals surface area contributed by atoms with E-state index in [2.05, 4.69) is 37.2 Å². The first-order valence-electron chi connectivity index (χ1n) is 30.9. The first-order chi connectivity index (χ1) is 43.1. The number of likely N-dealkylation sites (tertiary alicyclic amines) is 1. The Balaban J connectivity index is 1.41. The second-order valence-corrected chi connectivity index (χ2v) is 25.8. The summed E-state index contributed by atoms with van der Waals surface area (Å²) >= 11 is 0. The smallest absolute Gasteiger partial charge is 0.408 e. The zero-order chi connectivity index (χ0) is 66.4. The summed E-state index contributed by atoms with van der Waals surface area (Å²) < 4.78 is 22.2. The third-order valence-electron chi connectivity index (χ3n) is 14.7. The van der Waals surface area contributed by atoms with E-state index in [1.54, 1.807) is 123 Å². The largest absolute Gasteiger partial charge is 0.444 e. The molecule has 1 saturated heterocycles. The van der Waals surface area contributed by atoms with Gasteiger partial charge in [0.15, 0.2) is 0 Å². The molecule has 21 heteroatoms. The zero-order valence-corrected chi connectivity index (χ0v) is 53.9. The van der Waals surface area contributed by atoms with Crippen molar-refractivity contribution in [2.75, 3.05) is 26.7 Å². The van der Waals surface area contributed by atoms with Gasteiger partial charge in [-0.2, -0.15) is 0 Å². The summed E-state index contributed by atoms with van der Waals surface area (Å²) in [7, 11) is 1.91. The molecule has 7 amide bonds. The molecule has 1 unspecified atom stereocenters. The fourth-order valence-corrected chi connectivity index (χ4v) is 10.4. The van der Waals surface area contributed by atoms with Gasteiger partial charge in [0, 0.05) is 31.8 Å². The van der Waals surface area contributed by atoms with Gasteiger partial charge in [-0.3, -0.25) is 24.0 Å². The van der Waals surface area contributed by atoms with E-state index in [0.29, 0.717) is 53.7 Å². The van der Waals surface area contributed by atoms with Gasteiger partial charge in [0.1, 0.15) is 46.5 Å². The molecule has 1 fully saturated rings. The Bertz CT molecular complexity index is 3100. The molecule has 0 spiro atoms. The Morgan fingerprint density at radius 2 is 0.857 bits per heavy atom. The third kappa shape index (κ3) is 23.7. The monoisotopic (exact) mass is 1250 g/mol. The molecule has 0 saturated carbocycles. The average molecular weight is 1250 g/mol. The number of amides is 7. The van der Waals surface area contributed by atoms with Gasteiger partial charge in [0.05, 0.1) is 5.92 Å². The SMILES string of the molecule is CN1CCC(C(=O)OC(=O)[C@@H](CC(CCNC(=O)OC(C)(C)C)NC(=O)OC(C)(C)C)NC(=O)[C@@H](CCC(=O)NC(c2ccccc2)(c2ccccc2)c2ccccc2)NC(=O)[C@@H](Cc2ccccc2)NC(=O)[C@@H](Cc2ccccc2)NC(=O)OC(C)(C)C)CC1. The van der Waals surface area contributed by atoms with Crippen molar-refractivity contribution in [3.05, 3.63) is 179 Å². The number of hydrogen-bond donors (Lipinski definition) is 7. The zero-order valence-electron chi connectivity index (χ0n) is 53.9. The Labute approximate surface area is 534 Å². The van der Waals surface area contributed by atoms with Gasteiger partial charge >= 0.3 is 30.2 Å². The van der Waals surface area contributed by atoms with Crippen LogP contribution < -0.4 is 37.2 Å². The molecule has 21 nitrogen and oxygen atoms in total. The molecule has 1 heterocycles. The molecule has 91 heavy (non-hydrogen) atoms. The number of carbonyl (C=O) groups is 9. The van der Waals surface area contributed by atoms with E-state index in [9.17, 15) is 28.8 Å². The normalized spacial score (nSPS) is 14.7. The highest BCUT2D eigenvalue weighted by atomic mass is 16.6. The van der Waals surface area contributed by atoms with E-state index >= 15 is 14.4 Å². The van der Waals surface area contributed by atoms with Crippen LogP contribution in [0.4, 0.5) is 14.4 Å². The van der Waals surface area contributed by atoms with E-state index in [4.69, 9.17) is 18.9 Å². The summed E-state index contributed by atoms with van der Waals surface area (Å²) in [6.45, 7) is 16.0. The number of rotatable bonds is 26. The number of piperidine rings is 1. The van der Waals surface area contributed by atoms with Gasteiger partial charge in [-0.15, -0.1) is 0 Å². The number of nitrogens with one attached hydrogen (secondary N) is 7. The molecular weight excluding hydrogens is 1160 g/mol. The molecule has 0 bridgehead atoms. The van der Waals surface area contributed by atoms with Crippen LogP contribution in [0.1, 0.15) is 129 Å². The number of carbonyl (C=O) groups excluding carboxylic acids is 9. The summed E-state index contributed by atoms with van der Waals surface area (Å²) in [6.07, 6.45) is -3.28. The predicted octanol–water partition coefficient (Wildman–Crippen LogP) is 8.32. The highest BCUT2D eigenvalue weighted by molar-refractivity contribution is 5.97. The van der Waals surface area contributed by atoms with Crippen molar-refractivity contribution >= 4 is 53.8 Å². The molecule has 0 radical (unpaired) electrons. The van der Waals surface area contributed by atoms with Gasteiger partial charge in [-0.25, -0.2) is 19.2 Å². The molecule has 1 aliphatic heterocycles. The Hall–Kier alpha value is -9.11. The van der Waals surface area contributed by atoms with Crippen LogP contribution in [-0.2, 0) is 66.1 Å². The van der Waals surface area contributed by atoms with Crippen molar-refractivity contribution in [2.24, 2.45) is 5.92 Å². The van der Waals surface area contributed by atoms with Crippen molar-refractivity contribution in [3.8, 4) is 0 Å². The number of alkyl carbamates (subject to hydrolysis) is 3. The molecule has 5 aromatic carbocycles. The van der Waals surface area contributed by atoms with Crippen molar-refractivity contribution in [1.82, 2.24) is 42.1 Å². The Kier molecular flexibility index (Phi) is 25.8. The number of esters is 2. The van der Waals surface area contributed by atoms with Gasteiger partial charge in [0.25, 0.3) is 0 Å². The van der Waals surface area contributed by atoms with Crippen LogP contribution in [-0.4, -0.2) is 132 Å². The maximum absolute atomic E-state index is 15.5. The van der Waals surface area contributed by atoms with E-state index in [0.717, 1.165) is 0 Å². The van der Waals surface area contributed by atoms with E-state index in [1.807, 2.05) is 103 Å². The highest BCUT2D eigenvalue weighted by Gasteiger charge is 2.40. The van der Waals surface area contributed by atoms with Crippen LogP contribution in [0.2, 0.25) is 0 Å². The molecular formula is C70H90N8O13. The number of benzene rings is 5. The molecule has 5 atom stereocenters. The van der Waals surface area contributed by atoms with Crippen LogP contribution >= 0.6 is 0 Å². The third-order valence-corrected chi connectivity index (χ3v) is 14.7. The highest BCUT2D eigenvalue weighted by Crippen LogP contribution is 2.37. The first kappa shape index (κ1) is 71.0. The number of nitrogens with zero attached hydrogens (tertiary/aromatic N) is 1. The van der Waals surface area contributed by atoms with E-state index < -0.39 is 132 Å². The average Bonchev–Trinajstić information content (AvgIpc) is 0.786. The van der Waals surface area contributed by atoms with Gasteiger partial charge in [-0.05, 0) is 142 Å². The van der Waals surface area contributed by atoms with E-state index in [1.165, 1.54) is 0 Å². The van der Waals surface area contributed by atoms with Crippen LogP contribution in [0.15, 0.2) is 152 Å². The molecule has 0 aromatic heterocycles. The molecule has 1 aliphatic rings. The summed E-state index contributed by atoms with van der Waals surface area (Å²) in [5.41, 5.74) is -0.646. The Morgan fingerprint density at radius 1 is 0.473 bits per heavy atom. The summed E-state index contributed by atoms with van der Waals surface area (Å²) in [5, 5.41) is 19.7. The van der Waals surface area contributed by atoms with Crippen LogP contribution in [0.25, 0.3) is 0 Å². The summed E-state index contributed by atoms with van der Waals surface area (Å²) in [6, 6.07) is 38.5. The molecule has 6 rings (SSSR count). The molecule has 488 valence electrons. The predicted molar refractivity (Wildman–Crippen MR) is 344 cm³/mol. The lowest BCUT2D eigenvalue weighted by Gasteiger charge is -2.37. The standard InChI is InChI=1S/C70H90N8O13/c1-67(2,3)89-64(85)71-41-38-53(72-65(86)90-68(4,5)6)46-57(63(84)88-62(83)49-39-42-78(10)43-40-49)75-59(80)54(36-37-58(79)77-70(50-30-20-13-21-31-50,51-32-22-14-23-33-51)52-34-24-15-25-35-52)73-60(81)55(44-47-26-16-11-17-27-47)74-61(82)56(45-48-28-18-12-19-29-48)76-66(87)91-69(7,8)9/h11-35,49,53-57H,36-46H2,1-10H3,(H,71,85)(H,72,86)(H,73,81)(H,74,82)(H,75,80)(H,76,87)(H,77,79)/t53?,54-,55-,56-,57-/m1/s1. The van der Waals surface area contributed by atoms with Crippen molar-refractivity contribution < 1.29 is 62.1 Å². The lowest BCUT2D eigenvalue weighted by molar-refractivity contribution is -0.166. The summed E-state index contributed by atoms with van der Waals surface area (Å²) in [4.78, 5) is 131. The topological polar surface area (TPSA) is 278 Å². The van der Waals surface area contributed by atoms with Crippen LogP contribution in [0, 0.1) is 5.92 Å². The van der Waals surface area contributed by atoms with Crippen LogP contribution in [0.3, 0.4) is 0 Å². The van der Waals surface area contributed by atoms with E-state index in [-0.39, 0.29) is 25.8 Å². The summed E-state index contributed by atoms with van der Waals surface area (Å²) in [5.74, 6) is -5.92. The number of hydrogen-bond acceptors (Lipinski definition) is 14.